The minimum absolute atomic E-state index is 0.00699. The summed E-state index contributed by atoms with van der Waals surface area (Å²) in [6.45, 7) is 0. The van der Waals surface area contributed by atoms with Gasteiger partial charge in [-0.2, -0.15) is 0 Å². The predicted molar refractivity (Wildman–Crippen MR) is 45.4 cm³/mol. The zero-order valence-corrected chi connectivity index (χ0v) is 7.18. The molecule has 0 bridgehead atoms. The Kier molecular flexibility index (Phi) is 2.51. The zero-order chi connectivity index (χ0) is 9.14. The standard InChI is InChI=1S/C7H7O4P/c8-5-1-4(7(9)10)2-6(3-5)11-12/h1-3,8H,12H2,(H,9,10). The van der Waals surface area contributed by atoms with Crippen LogP contribution in [0.2, 0.25) is 0 Å². The van der Waals surface area contributed by atoms with Crippen molar-refractivity contribution in [2.24, 2.45) is 0 Å². The van der Waals surface area contributed by atoms with Crippen molar-refractivity contribution < 1.29 is 19.5 Å². The average molecular weight is 186 g/mol. The van der Waals surface area contributed by atoms with E-state index in [1.54, 1.807) is 0 Å². The second kappa shape index (κ2) is 3.41. The van der Waals surface area contributed by atoms with Gasteiger partial charge in [0, 0.05) is 6.07 Å². The lowest BCUT2D eigenvalue weighted by molar-refractivity contribution is 0.0696. The first kappa shape index (κ1) is 8.81. The van der Waals surface area contributed by atoms with Crippen LogP contribution in [0.4, 0.5) is 0 Å². The van der Waals surface area contributed by atoms with Gasteiger partial charge in [-0.3, -0.25) is 0 Å². The van der Waals surface area contributed by atoms with Crippen molar-refractivity contribution in [3.8, 4) is 11.5 Å². The molecule has 1 atom stereocenters. The van der Waals surface area contributed by atoms with Gasteiger partial charge in [0.15, 0.2) is 0 Å². The number of hydrogen-bond acceptors (Lipinski definition) is 3. The van der Waals surface area contributed by atoms with E-state index in [-0.39, 0.29) is 17.1 Å². The number of rotatable bonds is 2. The summed E-state index contributed by atoms with van der Waals surface area (Å²) in [5.74, 6) is -0.945. The number of benzene rings is 1. The molecule has 0 aliphatic carbocycles. The van der Waals surface area contributed by atoms with E-state index in [1.807, 2.05) is 9.47 Å². The lowest BCUT2D eigenvalue weighted by Crippen LogP contribution is -1.95. The van der Waals surface area contributed by atoms with Gasteiger partial charge in [0.25, 0.3) is 0 Å². The molecule has 0 aromatic heterocycles. The molecule has 0 aliphatic heterocycles. The molecule has 0 amide bonds. The van der Waals surface area contributed by atoms with Gasteiger partial charge in [-0.1, -0.05) is 0 Å². The monoisotopic (exact) mass is 186 g/mol. The topological polar surface area (TPSA) is 66.8 Å². The van der Waals surface area contributed by atoms with Gasteiger partial charge < -0.3 is 14.7 Å². The highest BCUT2D eigenvalue weighted by molar-refractivity contribution is 7.10. The number of carboxylic acid groups (broad SMARTS) is 1. The summed E-state index contributed by atoms with van der Waals surface area (Å²) in [6.07, 6.45) is 0. The second-order valence-electron chi connectivity index (χ2n) is 2.14. The summed E-state index contributed by atoms with van der Waals surface area (Å²) in [5, 5.41) is 17.6. The molecule has 0 aliphatic rings. The molecule has 1 aromatic carbocycles. The summed E-state index contributed by atoms with van der Waals surface area (Å²) >= 11 is 0. The van der Waals surface area contributed by atoms with Crippen LogP contribution in [0.5, 0.6) is 11.5 Å². The van der Waals surface area contributed by atoms with Crippen molar-refractivity contribution in [3.63, 3.8) is 0 Å². The number of carboxylic acids is 1. The van der Waals surface area contributed by atoms with E-state index in [0.29, 0.717) is 0 Å². The molecule has 0 heterocycles. The van der Waals surface area contributed by atoms with Crippen LogP contribution < -0.4 is 4.52 Å². The van der Waals surface area contributed by atoms with Gasteiger partial charge in [-0.05, 0) is 12.1 Å². The Balaban J connectivity index is 3.15. The van der Waals surface area contributed by atoms with Crippen LogP contribution in [0.3, 0.4) is 0 Å². The minimum atomic E-state index is -1.10. The van der Waals surface area contributed by atoms with E-state index in [4.69, 9.17) is 10.2 Å². The molecule has 5 heteroatoms. The molecule has 0 saturated carbocycles. The van der Waals surface area contributed by atoms with Gasteiger partial charge >= 0.3 is 5.97 Å². The summed E-state index contributed by atoms with van der Waals surface area (Å²) in [4.78, 5) is 10.4. The molecule has 4 nitrogen and oxygen atoms in total. The highest BCUT2D eigenvalue weighted by Crippen LogP contribution is 2.22. The van der Waals surface area contributed by atoms with Crippen LogP contribution in [0.25, 0.3) is 0 Å². The maximum Gasteiger partial charge on any atom is 0.335 e. The SMILES string of the molecule is O=C(O)c1cc(O)cc(OP)c1. The average Bonchev–Trinajstić information content (AvgIpc) is 2.03. The van der Waals surface area contributed by atoms with Crippen LogP contribution in [-0.4, -0.2) is 16.2 Å². The Morgan fingerprint density at radius 2 is 2.08 bits per heavy atom. The van der Waals surface area contributed by atoms with Crippen LogP contribution in [0.15, 0.2) is 18.2 Å². The van der Waals surface area contributed by atoms with Crippen LogP contribution >= 0.6 is 9.47 Å². The summed E-state index contributed by atoms with van der Waals surface area (Å²) < 4.78 is 4.68. The first-order chi connectivity index (χ1) is 5.63. The zero-order valence-electron chi connectivity index (χ0n) is 6.02. The number of aromatic carboxylic acids is 1. The summed E-state index contributed by atoms with van der Waals surface area (Å²) in [6, 6.07) is 3.78. The smallest absolute Gasteiger partial charge is 0.335 e. The van der Waals surface area contributed by atoms with E-state index in [2.05, 4.69) is 4.52 Å². The van der Waals surface area contributed by atoms with E-state index in [9.17, 15) is 4.79 Å². The highest BCUT2D eigenvalue weighted by atomic mass is 31.0. The largest absolute Gasteiger partial charge is 0.508 e. The summed E-state index contributed by atoms with van der Waals surface area (Å²) in [5.41, 5.74) is -0.00699. The molecular formula is C7H7O4P. The fourth-order valence-corrected chi connectivity index (χ4v) is 0.911. The van der Waals surface area contributed by atoms with Crippen molar-refractivity contribution in [2.45, 2.75) is 0 Å². The maximum absolute atomic E-state index is 10.4. The molecule has 0 fully saturated rings. The number of phenols is 1. The van der Waals surface area contributed by atoms with Crippen molar-refractivity contribution >= 4 is 15.4 Å². The fourth-order valence-electron chi connectivity index (χ4n) is 0.775. The number of hydrogen-bond donors (Lipinski definition) is 2. The van der Waals surface area contributed by atoms with Crippen molar-refractivity contribution in [2.75, 3.05) is 0 Å². The van der Waals surface area contributed by atoms with Gasteiger partial charge in [-0.15, -0.1) is 0 Å². The molecule has 64 valence electrons. The Hall–Kier alpha value is -1.28. The van der Waals surface area contributed by atoms with Gasteiger partial charge in [0.1, 0.15) is 11.5 Å². The minimum Gasteiger partial charge on any atom is -0.508 e. The fraction of sp³-hybridized carbons (Fsp3) is 0. The van der Waals surface area contributed by atoms with Crippen LogP contribution in [-0.2, 0) is 0 Å². The Labute approximate surface area is 71.1 Å². The third-order valence-corrected chi connectivity index (χ3v) is 1.55. The molecule has 0 radical (unpaired) electrons. The van der Waals surface area contributed by atoms with E-state index >= 15 is 0 Å². The normalized spacial score (nSPS) is 9.42. The molecule has 1 aromatic rings. The maximum atomic E-state index is 10.4. The molecule has 0 spiro atoms. The third-order valence-electron chi connectivity index (χ3n) is 1.27. The van der Waals surface area contributed by atoms with E-state index < -0.39 is 5.97 Å². The first-order valence-electron chi connectivity index (χ1n) is 3.07. The lowest BCUT2D eigenvalue weighted by Gasteiger charge is -2.01. The Morgan fingerprint density at radius 3 is 2.58 bits per heavy atom. The van der Waals surface area contributed by atoms with E-state index in [1.165, 1.54) is 12.1 Å². The molecule has 0 saturated heterocycles. The Bertz CT molecular complexity index is 310. The van der Waals surface area contributed by atoms with E-state index in [0.717, 1.165) is 6.07 Å². The van der Waals surface area contributed by atoms with Crippen molar-refractivity contribution in [3.05, 3.63) is 23.8 Å². The first-order valence-corrected chi connectivity index (χ1v) is 3.54. The highest BCUT2D eigenvalue weighted by Gasteiger charge is 2.06. The van der Waals surface area contributed by atoms with Crippen molar-refractivity contribution in [1.82, 2.24) is 0 Å². The predicted octanol–water partition coefficient (Wildman–Crippen LogP) is 1.26. The van der Waals surface area contributed by atoms with Gasteiger partial charge in [0.05, 0.1) is 15.0 Å². The number of carbonyl (C=O) groups is 1. The van der Waals surface area contributed by atoms with Crippen molar-refractivity contribution in [1.29, 1.82) is 0 Å². The molecule has 2 N–H and O–H groups in total. The quantitative estimate of drug-likeness (QED) is 0.682. The Morgan fingerprint density at radius 1 is 1.42 bits per heavy atom. The second-order valence-corrected chi connectivity index (χ2v) is 2.37. The molecule has 1 unspecified atom stereocenters. The number of aromatic hydroxyl groups is 1. The van der Waals surface area contributed by atoms with Gasteiger partial charge in [0.2, 0.25) is 0 Å². The van der Waals surface area contributed by atoms with Crippen LogP contribution in [0, 0.1) is 0 Å². The van der Waals surface area contributed by atoms with Gasteiger partial charge in [-0.25, -0.2) is 4.79 Å². The summed E-state index contributed by atoms with van der Waals surface area (Å²) in [7, 11) is 1.97. The third kappa shape index (κ3) is 1.86. The molecule has 12 heavy (non-hydrogen) atoms. The number of phenolic OH excluding ortho intramolecular Hbond substituents is 1. The molecule has 1 rings (SSSR count). The lowest BCUT2D eigenvalue weighted by atomic mass is 10.2. The molecular weight excluding hydrogens is 179 g/mol. The van der Waals surface area contributed by atoms with Crippen LogP contribution in [0.1, 0.15) is 10.4 Å².